The summed E-state index contributed by atoms with van der Waals surface area (Å²) in [4.78, 5) is 56.9. The van der Waals surface area contributed by atoms with E-state index in [1.165, 1.54) is 7.11 Å². The maximum Gasteiger partial charge on any atom is 0.239 e. The Morgan fingerprint density at radius 2 is 1.44 bits per heavy atom. The molecule has 2 N–H and O–H groups in total. The van der Waals surface area contributed by atoms with Gasteiger partial charge in [-0.1, -0.05) is 36.4 Å². The standard InChI is InChI=1S/C29H16N2O5/c1-36-20-8-4-7-15-21(20)28(34)17-10-12-19-25(23(17)29(15)35)31-18-11-9-16-22(24(18)30-19)27(33)14-6-3-2-5-13(14)26(16)32/h2-12,25,31H,1H3/p+1. The zero-order valence-electron chi connectivity index (χ0n) is 19.0. The van der Waals surface area contributed by atoms with Crippen molar-refractivity contribution >= 4 is 40.2 Å². The highest BCUT2D eigenvalue weighted by Crippen LogP contribution is 2.40. The molecule has 7 rings (SSSR count). The summed E-state index contributed by atoms with van der Waals surface area (Å²) < 4.78 is 5.35. The van der Waals surface area contributed by atoms with Crippen molar-refractivity contribution in [2.75, 3.05) is 12.4 Å². The van der Waals surface area contributed by atoms with Gasteiger partial charge < -0.3 is 10.1 Å². The number of ketones is 4. The minimum absolute atomic E-state index is 0.209. The Morgan fingerprint density at radius 3 is 2.22 bits per heavy atom. The predicted octanol–water partition coefficient (Wildman–Crippen LogP) is 2.36. The predicted molar refractivity (Wildman–Crippen MR) is 131 cm³/mol. The molecule has 0 amide bonds. The first-order valence-corrected chi connectivity index (χ1v) is 11.4. The summed E-state index contributed by atoms with van der Waals surface area (Å²) in [6, 6.07) is 14.5. The van der Waals surface area contributed by atoms with E-state index >= 15 is 0 Å². The highest BCUT2D eigenvalue weighted by molar-refractivity contribution is 6.33. The molecule has 172 valence electrons. The Hall–Kier alpha value is -4.91. The van der Waals surface area contributed by atoms with E-state index in [0.29, 0.717) is 61.8 Å². The van der Waals surface area contributed by atoms with Gasteiger partial charge in [0.15, 0.2) is 17.3 Å². The third kappa shape index (κ3) is 2.49. The number of hydrogen-bond acceptors (Lipinski definition) is 6. The van der Waals surface area contributed by atoms with Gasteiger partial charge in [-0.25, -0.2) is 4.99 Å². The first-order chi connectivity index (χ1) is 17.5. The molecule has 1 atom stereocenters. The van der Waals surface area contributed by atoms with Gasteiger partial charge in [0, 0.05) is 39.5 Å². The molecule has 1 unspecified atom stereocenters. The molecule has 0 bridgehead atoms. The highest BCUT2D eigenvalue weighted by atomic mass is 16.5. The molecule has 0 aromatic heterocycles. The van der Waals surface area contributed by atoms with Crippen molar-refractivity contribution in [2.45, 2.75) is 6.04 Å². The molecule has 1 aliphatic heterocycles. The van der Waals surface area contributed by atoms with Crippen molar-refractivity contribution in [1.82, 2.24) is 0 Å². The van der Waals surface area contributed by atoms with Crippen LogP contribution in [0.5, 0.6) is 5.75 Å². The van der Waals surface area contributed by atoms with Gasteiger partial charge >= 0.3 is 0 Å². The van der Waals surface area contributed by atoms with Crippen LogP contribution in [0.25, 0.3) is 0 Å². The van der Waals surface area contributed by atoms with Crippen molar-refractivity contribution in [1.29, 1.82) is 0 Å². The van der Waals surface area contributed by atoms with Crippen molar-refractivity contribution in [3.8, 4) is 5.75 Å². The number of Topliss-reactive ketones (excluding diaryl/α,β-unsaturated/α-hetero) is 2. The van der Waals surface area contributed by atoms with E-state index in [-0.39, 0.29) is 28.7 Å². The number of ether oxygens (including phenoxy) is 1. The monoisotopic (exact) mass is 473 g/mol. The lowest BCUT2D eigenvalue weighted by molar-refractivity contribution is -0.355. The third-order valence-electron chi connectivity index (χ3n) is 7.19. The molecular weight excluding hydrogens is 456 g/mol. The van der Waals surface area contributed by atoms with Crippen LogP contribution in [-0.2, 0) is 0 Å². The summed E-state index contributed by atoms with van der Waals surface area (Å²) in [7, 11) is 1.47. The molecule has 0 radical (unpaired) electrons. The summed E-state index contributed by atoms with van der Waals surface area (Å²) in [5, 5.41) is 3.34. The van der Waals surface area contributed by atoms with Gasteiger partial charge in [-0.2, -0.15) is 0 Å². The van der Waals surface area contributed by atoms with Crippen LogP contribution in [0.15, 0.2) is 77.9 Å². The Labute approximate surface area is 204 Å². The van der Waals surface area contributed by atoms with Gasteiger partial charge in [-0.15, -0.1) is 0 Å². The van der Waals surface area contributed by atoms with Crippen molar-refractivity contribution < 1.29 is 28.9 Å². The third-order valence-corrected chi connectivity index (χ3v) is 7.19. The molecule has 0 saturated heterocycles. The summed E-state index contributed by atoms with van der Waals surface area (Å²) in [5.74, 6) is -0.630. The lowest BCUT2D eigenvalue weighted by atomic mass is 9.76. The molecule has 7 heteroatoms. The molecule has 1 heterocycles. The number of hydrogen-bond donors (Lipinski definition) is 2. The van der Waals surface area contributed by atoms with E-state index < -0.39 is 6.04 Å². The van der Waals surface area contributed by atoms with Crippen molar-refractivity contribution in [3.63, 3.8) is 0 Å². The van der Waals surface area contributed by atoms with E-state index in [0.717, 1.165) is 0 Å². The summed E-state index contributed by atoms with van der Waals surface area (Å²) in [5.41, 5.74) is 4.24. The first kappa shape index (κ1) is 20.5. The molecule has 0 spiro atoms. The second-order valence-electron chi connectivity index (χ2n) is 8.97. The van der Waals surface area contributed by atoms with Crippen LogP contribution in [0.2, 0.25) is 0 Å². The smallest absolute Gasteiger partial charge is 0.239 e. The van der Waals surface area contributed by atoms with Crippen LogP contribution in [0.1, 0.15) is 52.6 Å². The second-order valence-corrected chi connectivity index (χ2v) is 8.97. The summed E-state index contributed by atoms with van der Waals surface area (Å²) in [6.45, 7) is 0. The molecule has 3 aliphatic carbocycles. The van der Waals surface area contributed by atoms with Crippen molar-refractivity contribution in [3.05, 3.63) is 111 Å². The molecule has 0 saturated carbocycles. The van der Waals surface area contributed by atoms with E-state index in [1.54, 1.807) is 66.7 Å². The fraction of sp³-hybridized carbons (Fsp3) is 0.0690. The number of anilines is 1. The lowest BCUT2D eigenvalue weighted by Gasteiger charge is -2.31. The van der Waals surface area contributed by atoms with Gasteiger partial charge in [0.1, 0.15) is 23.0 Å². The van der Waals surface area contributed by atoms with Gasteiger partial charge in [-0.05, 0) is 24.3 Å². The number of allylic oxidation sites excluding steroid dienone is 2. The van der Waals surface area contributed by atoms with E-state index in [2.05, 4.69) is 10.3 Å². The lowest BCUT2D eigenvalue weighted by Crippen LogP contribution is -2.74. The molecular formula is C29H17N2O5+. The summed E-state index contributed by atoms with van der Waals surface area (Å²) >= 11 is 0. The highest BCUT2D eigenvalue weighted by Gasteiger charge is 2.45. The van der Waals surface area contributed by atoms with E-state index in [4.69, 9.17) is 4.74 Å². The van der Waals surface area contributed by atoms with Crippen LogP contribution in [0.3, 0.4) is 0 Å². The topological polar surface area (TPSA) is 104 Å². The van der Waals surface area contributed by atoms with Crippen molar-refractivity contribution in [2.24, 2.45) is 0 Å². The minimum Gasteiger partial charge on any atom is -0.496 e. The van der Waals surface area contributed by atoms with E-state index in [1.807, 2.05) is 0 Å². The number of fused-ring (bicyclic) bond motifs is 7. The fourth-order valence-corrected chi connectivity index (χ4v) is 5.53. The second kappa shape index (κ2) is 7.05. The Morgan fingerprint density at radius 1 is 0.722 bits per heavy atom. The molecule has 36 heavy (non-hydrogen) atoms. The van der Waals surface area contributed by atoms with Crippen LogP contribution < -0.4 is 15.0 Å². The van der Waals surface area contributed by atoms with Crippen LogP contribution in [0.4, 0.5) is 11.4 Å². The molecule has 0 fully saturated rings. The maximum absolute atomic E-state index is 13.6. The molecule has 4 aliphatic rings. The Kier molecular flexibility index (Phi) is 4.01. The number of rotatable bonds is 1. The van der Waals surface area contributed by atoms with Gasteiger partial charge in [0.05, 0.1) is 12.7 Å². The molecule has 3 aromatic rings. The zero-order valence-corrected chi connectivity index (χ0v) is 19.0. The fourth-order valence-electron chi connectivity index (χ4n) is 5.53. The Balaban J connectivity index is 1.38. The minimum atomic E-state index is -0.618. The maximum atomic E-state index is 13.6. The summed E-state index contributed by atoms with van der Waals surface area (Å²) in [6.07, 6.45) is 3.35. The average molecular weight is 473 g/mol. The molecule has 3 aromatic carbocycles. The number of benzene rings is 3. The van der Waals surface area contributed by atoms with Crippen LogP contribution in [-0.4, -0.2) is 42.0 Å². The largest absolute Gasteiger partial charge is 0.496 e. The van der Waals surface area contributed by atoms with Gasteiger partial charge in [0.2, 0.25) is 17.2 Å². The first-order valence-electron chi connectivity index (χ1n) is 11.4. The molecule has 7 nitrogen and oxygen atoms in total. The zero-order chi connectivity index (χ0) is 24.7. The van der Waals surface area contributed by atoms with Gasteiger partial charge in [0.25, 0.3) is 0 Å². The quantitative estimate of drug-likeness (QED) is 0.440. The Bertz CT molecular complexity index is 1720. The number of carbonyl (C=O) groups is 4. The SMILES string of the molecule is COc1cccc2c1C(=O)C1=C(C2=O)C2Nc3ccc4c(c3[NH+]=C2C=C1)C(=O)c1ccccc1C4=O. The van der Waals surface area contributed by atoms with E-state index in [9.17, 15) is 19.2 Å². The van der Waals surface area contributed by atoms with Crippen LogP contribution in [0, 0.1) is 0 Å². The average Bonchev–Trinajstić information content (AvgIpc) is 2.92. The number of carbonyl (C=O) groups excluding carboxylic acids is 4. The number of nitrogens with one attached hydrogen (secondary N) is 2. The normalized spacial score (nSPS) is 18.8. The van der Waals surface area contributed by atoms with Crippen LogP contribution >= 0.6 is 0 Å². The number of methoxy groups -OCH3 is 1. The van der Waals surface area contributed by atoms with Gasteiger partial charge in [-0.3, -0.25) is 19.2 Å².